The van der Waals surface area contributed by atoms with E-state index in [4.69, 9.17) is 0 Å². The normalized spacial score (nSPS) is 17.7. The molecule has 31 heavy (non-hydrogen) atoms. The first kappa shape index (κ1) is 20.7. The quantitative estimate of drug-likeness (QED) is 0.427. The van der Waals surface area contributed by atoms with E-state index in [0.29, 0.717) is 21.6 Å². The molecule has 0 radical (unpaired) electrons. The lowest BCUT2D eigenvalue weighted by molar-refractivity contribution is -0.113. The molecule has 3 aromatic rings. The van der Waals surface area contributed by atoms with Crippen LogP contribution in [0.4, 0.5) is 5.00 Å². The number of fused-ring (bicyclic) bond motifs is 4. The Morgan fingerprint density at radius 3 is 2.94 bits per heavy atom. The molecule has 0 saturated carbocycles. The highest BCUT2D eigenvalue weighted by Gasteiger charge is 2.25. The maximum Gasteiger partial charge on any atom is 0.260 e. The number of aryl methyl sites for hydroxylation is 2. The van der Waals surface area contributed by atoms with Gasteiger partial charge in [-0.1, -0.05) is 18.7 Å². The number of thiophene rings is 2. The average molecular weight is 471 g/mol. The van der Waals surface area contributed by atoms with E-state index >= 15 is 0 Å². The number of hydrogen-bond donors (Lipinski definition) is 2. The van der Waals surface area contributed by atoms with Crippen LogP contribution in [0.25, 0.3) is 10.2 Å². The fourth-order valence-corrected chi connectivity index (χ4v) is 7.82. The van der Waals surface area contributed by atoms with Gasteiger partial charge in [-0.15, -0.1) is 22.7 Å². The highest BCUT2D eigenvalue weighted by molar-refractivity contribution is 7.99. The number of thioether (sulfide) groups is 1. The van der Waals surface area contributed by atoms with Gasteiger partial charge in [-0.25, -0.2) is 4.98 Å². The third-order valence-electron chi connectivity index (χ3n) is 6.02. The fourth-order valence-electron chi connectivity index (χ4n) is 4.47. The van der Waals surface area contributed by atoms with Crippen LogP contribution in [0.3, 0.4) is 0 Å². The molecule has 0 saturated heterocycles. The van der Waals surface area contributed by atoms with Gasteiger partial charge in [0.1, 0.15) is 15.9 Å². The Balaban J connectivity index is 1.31. The highest BCUT2D eigenvalue weighted by Crippen LogP contribution is 2.39. The maximum absolute atomic E-state index is 12.7. The summed E-state index contributed by atoms with van der Waals surface area (Å²) in [6, 6.07) is 2.28. The molecule has 9 heteroatoms. The van der Waals surface area contributed by atoms with E-state index in [1.807, 2.05) is 0 Å². The summed E-state index contributed by atoms with van der Waals surface area (Å²) in [6.07, 6.45) is 7.19. The van der Waals surface area contributed by atoms with Crippen molar-refractivity contribution < 1.29 is 4.79 Å². The number of anilines is 1. The van der Waals surface area contributed by atoms with Crippen LogP contribution in [0.2, 0.25) is 0 Å². The fraction of sp³-hybridized carbons (Fsp3) is 0.455. The minimum absolute atomic E-state index is 0.112. The molecule has 0 bridgehead atoms. The minimum Gasteiger partial charge on any atom is -0.316 e. The molecule has 0 aliphatic heterocycles. The predicted molar refractivity (Wildman–Crippen MR) is 126 cm³/mol. The molecule has 2 aliphatic rings. The lowest BCUT2D eigenvalue weighted by Crippen LogP contribution is -2.16. The number of aromatic nitrogens is 2. The number of carbonyl (C=O) groups is 1. The summed E-state index contributed by atoms with van der Waals surface area (Å²) in [6.45, 7) is 2.22. The second kappa shape index (κ2) is 8.41. The Bertz CT molecular complexity index is 1280. The molecule has 3 heterocycles. The number of nitriles is 1. The number of H-pyrrole nitrogens is 1. The van der Waals surface area contributed by atoms with E-state index < -0.39 is 0 Å². The van der Waals surface area contributed by atoms with Gasteiger partial charge in [0, 0.05) is 9.75 Å². The molecule has 2 N–H and O–H groups in total. The molecule has 1 atom stereocenters. The maximum atomic E-state index is 12.7. The van der Waals surface area contributed by atoms with Crippen LogP contribution in [0.1, 0.15) is 52.6 Å². The molecule has 5 rings (SSSR count). The lowest BCUT2D eigenvalue weighted by atomic mass is 9.89. The van der Waals surface area contributed by atoms with Crippen LogP contribution in [0.15, 0.2) is 9.95 Å². The van der Waals surface area contributed by atoms with E-state index in [2.05, 4.69) is 28.3 Å². The largest absolute Gasteiger partial charge is 0.316 e. The van der Waals surface area contributed by atoms with Crippen LogP contribution >= 0.6 is 34.4 Å². The molecule has 6 nitrogen and oxygen atoms in total. The molecule has 0 aromatic carbocycles. The number of rotatable bonds is 4. The smallest absolute Gasteiger partial charge is 0.260 e. The Labute approximate surface area is 192 Å². The van der Waals surface area contributed by atoms with E-state index in [9.17, 15) is 14.9 Å². The topological polar surface area (TPSA) is 98.6 Å². The van der Waals surface area contributed by atoms with Gasteiger partial charge in [-0.3, -0.25) is 9.59 Å². The van der Waals surface area contributed by atoms with Crippen LogP contribution in [0.5, 0.6) is 0 Å². The molecule has 160 valence electrons. The molecule has 2 aliphatic carbocycles. The summed E-state index contributed by atoms with van der Waals surface area (Å²) < 4.78 is 0. The summed E-state index contributed by atoms with van der Waals surface area (Å²) in [4.78, 5) is 36.0. The van der Waals surface area contributed by atoms with E-state index in [-0.39, 0.29) is 17.2 Å². The highest BCUT2D eigenvalue weighted by atomic mass is 32.2. The second-order valence-corrected chi connectivity index (χ2v) is 11.4. The lowest BCUT2D eigenvalue weighted by Gasteiger charge is -2.17. The average Bonchev–Trinajstić information content (AvgIpc) is 3.29. The van der Waals surface area contributed by atoms with Crippen molar-refractivity contribution in [2.75, 3.05) is 11.1 Å². The van der Waals surface area contributed by atoms with Gasteiger partial charge >= 0.3 is 0 Å². The second-order valence-electron chi connectivity index (χ2n) is 8.27. The molecule has 1 unspecified atom stereocenters. The number of aromatic amines is 1. The van der Waals surface area contributed by atoms with Crippen molar-refractivity contribution in [3.05, 3.63) is 36.8 Å². The van der Waals surface area contributed by atoms with Gasteiger partial charge in [0.25, 0.3) is 5.56 Å². The van der Waals surface area contributed by atoms with Crippen molar-refractivity contribution in [2.45, 2.75) is 57.0 Å². The Kier molecular flexibility index (Phi) is 5.63. The Hall–Kier alpha value is -2.15. The summed E-state index contributed by atoms with van der Waals surface area (Å²) in [5.41, 5.74) is 2.77. The van der Waals surface area contributed by atoms with Crippen molar-refractivity contribution in [3.8, 4) is 6.07 Å². The Morgan fingerprint density at radius 1 is 1.26 bits per heavy atom. The van der Waals surface area contributed by atoms with Crippen LogP contribution in [0, 0.1) is 17.2 Å². The summed E-state index contributed by atoms with van der Waals surface area (Å²) in [7, 11) is 0. The molecular weight excluding hydrogens is 448 g/mol. The first-order chi connectivity index (χ1) is 15.0. The van der Waals surface area contributed by atoms with E-state index in [1.165, 1.54) is 32.9 Å². The van der Waals surface area contributed by atoms with Crippen molar-refractivity contribution in [2.24, 2.45) is 5.92 Å². The zero-order valence-electron chi connectivity index (χ0n) is 17.2. The first-order valence-electron chi connectivity index (χ1n) is 10.5. The van der Waals surface area contributed by atoms with Crippen LogP contribution in [-0.2, 0) is 30.5 Å². The van der Waals surface area contributed by atoms with Gasteiger partial charge in [-0.2, -0.15) is 5.26 Å². The van der Waals surface area contributed by atoms with Gasteiger partial charge in [-0.05, 0) is 62.0 Å². The van der Waals surface area contributed by atoms with E-state index in [1.54, 1.807) is 11.3 Å². The number of carbonyl (C=O) groups excluding carboxylic acids is 1. The van der Waals surface area contributed by atoms with Crippen molar-refractivity contribution >= 4 is 55.6 Å². The third-order valence-corrected chi connectivity index (χ3v) is 9.25. The van der Waals surface area contributed by atoms with Crippen LogP contribution in [-0.4, -0.2) is 21.6 Å². The SMILES string of the molecule is CC1CCc2c(sc(NC(=O)CSc3nc4sc5c(c4c(=O)[nH]3)CCCC5)c2C#N)C1. The summed E-state index contributed by atoms with van der Waals surface area (Å²) in [5, 5.41) is 14.4. The first-order valence-corrected chi connectivity index (χ1v) is 13.2. The monoisotopic (exact) mass is 470 g/mol. The van der Waals surface area contributed by atoms with Gasteiger partial charge in [0.05, 0.1) is 16.7 Å². The van der Waals surface area contributed by atoms with Crippen molar-refractivity contribution in [3.63, 3.8) is 0 Å². The standard InChI is InChI=1S/C22H22N4O2S3/c1-11-6-7-12-14(9-23)20(31-16(12)8-11)24-17(27)10-29-22-25-19(28)18-13-4-2-3-5-15(13)30-21(18)26-22/h11H,2-8,10H2,1H3,(H,24,27)(H,25,26,28). The van der Waals surface area contributed by atoms with E-state index in [0.717, 1.165) is 66.3 Å². The summed E-state index contributed by atoms with van der Waals surface area (Å²) in [5.74, 6) is 0.544. The Morgan fingerprint density at radius 2 is 2.10 bits per heavy atom. The van der Waals surface area contributed by atoms with Crippen molar-refractivity contribution in [1.82, 2.24) is 9.97 Å². The molecule has 3 aromatic heterocycles. The van der Waals surface area contributed by atoms with Gasteiger partial charge in [0.2, 0.25) is 5.91 Å². The molecule has 0 fully saturated rings. The van der Waals surface area contributed by atoms with Gasteiger partial charge < -0.3 is 10.3 Å². The van der Waals surface area contributed by atoms with Gasteiger partial charge in [0.15, 0.2) is 5.16 Å². The molecular formula is C22H22N4O2S3. The zero-order valence-corrected chi connectivity index (χ0v) is 19.6. The third kappa shape index (κ3) is 3.93. The minimum atomic E-state index is -0.193. The summed E-state index contributed by atoms with van der Waals surface area (Å²) >= 11 is 4.35. The molecule has 0 spiro atoms. The number of amides is 1. The molecule has 1 amide bonds. The predicted octanol–water partition coefficient (Wildman–Crippen LogP) is 4.65. The zero-order chi connectivity index (χ0) is 21.5. The number of nitrogens with zero attached hydrogens (tertiary/aromatic N) is 2. The number of hydrogen-bond acceptors (Lipinski definition) is 7. The van der Waals surface area contributed by atoms with Crippen molar-refractivity contribution in [1.29, 1.82) is 5.26 Å². The van der Waals surface area contributed by atoms with Crippen LogP contribution < -0.4 is 10.9 Å². The number of nitrogens with one attached hydrogen (secondary N) is 2.